The maximum absolute atomic E-state index is 6.48. The van der Waals surface area contributed by atoms with Gasteiger partial charge in [0.1, 0.15) is 12.4 Å². The van der Waals surface area contributed by atoms with Crippen LogP contribution < -0.4 is 19.9 Å². The second kappa shape index (κ2) is 7.58. The van der Waals surface area contributed by atoms with Gasteiger partial charge in [0.05, 0.1) is 14.2 Å². The summed E-state index contributed by atoms with van der Waals surface area (Å²) in [6, 6.07) is 13.6. The van der Waals surface area contributed by atoms with Crippen molar-refractivity contribution < 1.29 is 14.2 Å². The number of methoxy groups -OCH3 is 2. The van der Waals surface area contributed by atoms with Crippen LogP contribution in [0.4, 0.5) is 0 Å². The fourth-order valence-corrected chi connectivity index (χ4v) is 2.45. The van der Waals surface area contributed by atoms with Crippen molar-refractivity contribution >= 4 is 0 Å². The molecule has 0 fully saturated rings. The van der Waals surface area contributed by atoms with Crippen molar-refractivity contribution in [2.24, 2.45) is 11.1 Å². The highest BCUT2D eigenvalue weighted by molar-refractivity contribution is 5.52. The fourth-order valence-electron chi connectivity index (χ4n) is 2.45. The van der Waals surface area contributed by atoms with Crippen molar-refractivity contribution in [2.75, 3.05) is 14.2 Å². The standard InChI is InChI=1S/C20H27NO3/c1-20(2,3)19(21)15-11-17(22-4)18(23-5)12-16(15)24-13-14-9-7-6-8-10-14/h6-12,19H,13,21H2,1-5H3/t19-/m1/s1. The van der Waals surface area contributed by atoms with E-state index in [1.165, 1.54) is 0 Å². The molecule has 1 atom stereocenters. The number of nitrogens with two attached hydrogens (primary N) is 1. The summed E-state index contributed by atoms with van der Waals surface area (Å²) in [4.78, 5) is 0. The Morgan fingerprint density at radius 3 is 2.04 bits per heavy atom. The van der Waals surface area contributed by atoms with Gasteiger partial charge in [0.15, 0.2) is 11.5 Å². The molecule has 0 amide bonds. The Morgan fingerprint density at radius 2 is 1.50 bits per heavy atom. The smallest absolute Gasteiger partial charge is 0.164 e. The summed E-state index contributed by atoms with van der Waals surface area (Å²) in [6.07, 6.45) is 0. The lowest BCUT2D eigenvalue weighted by atomic mass is 9.82. The Bertz CT molecular complexity index is 663. The van der Waals surface area contributed by atoms with Crippen LogP contribution in [0.1, 0.15) is 37.9 Å². The lowest BCUT2D eigenvalue weighted by Crippen LogP contribution is -2.27. The largest absolute Gasteiger partial charge is 0.493 e. The van der Waals surface area contributed by atoms with Crippen LogP contribution >= 0.6 is 0 Å². The zero-order valence-electron chi connectivity index (χ0n) is 15.1. The lowest BCUT2D eigenvalue weighted by Gasteiger charge is -2.29. The van der Waals surface area contributed by atoms with Crippen LogP contribution in [0.5, 0.6) is 17.2 Å². The number of ether oxygens (including phenoxy) is 3. The van der Waals surface area contributed by atoms with Gasteiger partial charge < -0.3 is 19.9 Å². The van der Waals surface area contributed by atoms with Gasteiger partial charge in [-0.1, -0.05) is 51.1 Å². The highest BCUT2D eigenvalue weighted by Gasteiger charge is 2.27. The molecule has 0 aliphatic heterocycles. The first-order chi connectivity index (χ1) is 11.4. The molecule has 2 N–H and O–H groups in total. The van der Waals surface area contributed by atoms with Crippen LogP contribution in [0.2, 0.25) is 0 Å². The summed E-state index contributed by atoms with van der Waals surface area (Å²) in [7, 11) is 3.23. The van der Waals surface area contributed by atoms with Gasteiger partial charge in [-0.15, -0.1) is 0 Å². The molecule has 0 heterocycles. The third-order valence-electron chi connectivity index (χ3n) is 4.02. The average Bonchev–Trinajstić information content (AvgIpc) is 2.58. The summed E-state index contributed by atoms with van der Waals surface area (Å²) >= 11 is 0. The minimum atomic E-state index is -0.192. The Hall–Kier alpha value is -2.20. The Balaban J connectivity index is 2.39. The van der Waals surface area contributed by atoms with E-state index in [-0.39, 0.29) is 11.5 Å². The van der Waals surface area contributed by atoms with Gasteiger partial charge in [-0.05, 0) is 17.0 Å². The molecule has 2 rings (SSSR count). The summed E-state index contributed by atoms with van der Waals surface area (Å²) < 4.78 is 16.9. The van der Waals surface area contributed by atoms with Crippen LogP contribution in [0, 0.1) is 5.41 Å². The van der Waals surface area contributed by atoms with Gasteiger partial charge in [-0.3, -0.25) is 0 Å². The molecule has 4 heteroatoms. The first-order valence-electron chi connectivity index (χ1n) is 8.05. The van der Waals surface area contributed by atoms with Gasteiger partial charge in [0.25, 0.3) is 0 Å². The number of benzene rings is 2. The van der Waals surface area contributed by atoms with E-state index in [2.05, 4.69) is 20.8 Å². The van der Waals surface area contributed by atoms with Crippen molar-refractivity contribution in [1.82, 2.24) is 0 Å². The Labute approximate surface area is 144 Å². The van der Waals surface area contributed by atoms with Crippen LogP contribution in [-0.2, 0) is 6.61 Å². The molecule has 2 aromatic rings. The molecule has 0 aliphatic rings. The summed E-state index contributed by atoms with van der Waals surface area (Å²) in [5.74, 6) is 2.00. The highest BCUT2D eigenvalue weighted by Crippen LogP contribution is 2.42. The van der Waals surface area contributed by atoms with Crippen LogP contribution in [0.3, 0.4) is 0 Å². The third kappa shape index (κ3) is 4.20. The summed E-state index contributed by atoms with van der Waals surface area (Å²) in [6.45, 7) is 6.79. The molecule has 0 saturated heterocycles. The van der Waals surface area contributed by atoms with E-state index in [1.807, 2.05) is 42.5 Å². The number of rotatable bonds is 6. The van der Waals surface area contributed by atoms with E-state index in [0.29, 0.717) is 18.1 Å². The van der Waals surface area contributed by atoms with Crippen molar-refractivity contribution in [1.29, 1.82) is 0 Å². The van der Waals surface area contributed by atoms with Gasteiger partial charge in [-0.25, -0.2) is 0 Å². The monoisotopic (exact) mass is 329 g/mol. The Morgan fingerprint density at radius 1 is 0.917 bits per heavy atom. The molecule has 4 nitrogen and oxygen atoms in total. The first-order valence-corrected chi connectivity index (χ1v) is 8.05. The maximum atomic E-state index is 6.48. The molecule has 0 saturated carbocycles. The zero-order valence-corrected chi connectivity index (χ0v) is 15.1. The van der Waals surface area contributed by atoms with Crippen molar-refractivity contribution in [3.8, 4) is 17.2 Å². The minimum Gasteiger partial charge on any atom is -0.493 e. The molecule has 0 bridgehead atoms. The van der Waals surface area contributed by atoms with Gasteiger partial charge in [-0.2, -0.15) is 0 Å². The number of hydrogen-bond acceptors (Lipinski definition) is 4. The molecule has 0 aromatic heterocycles. The summed E-state index contributed by atoms with van der Waals surface area (Å²) in [5.41, 5.74) is 8.39. The molecular formula is C20H27NO3. The molecular weight excluding hydrogens is 302 g/mol. The second-order valence-corrected chi connectivity index (χ2v) is 6.86. The van der Waals surface area contributed by atoms with Crippen molar-refractivity contribution in [3.05, 3.63) is 53.6 Å². The SMILES string of the molecule is COc1cc(OCc2ccccc2)c([C@@H](N)C(C)(C)C)cc1OC. The van der Waals surface area contributed by atoms with E-state index in [9.17, 15) is 0 Å². The van der Waals surface area contributed by atoms with Crippen LogP contribution in [0.15, 0.2) is 42.5 Å². The highest BCUT2D eigenvalue weighted by atomic mass is 16.5. The van der Waals surface area contributed by atoms with Crippen molar-refractivity contribution in [2.45, 2.75) is 33.4 Å². The summed E-state index contributed by atoms with van der Waals surface area (Å²) in [5, 5.41) is 0. The average molecular weight is 329 g/mol. The molecule has 0 aliphatic carbocycles. The molecule has 2 aromatic carbocycles. The predicted octanol–water partition coefficient (Wildman–Crippen LogP) is 4.33. The quantitative estimate of drug-likeness (QED) is 0.857. The first kappa shape index (κ1) is 18.1. The topological polar surface area (TPSA) is 53.7 Å². The van der Waals surface area contributed by atoms with Crippen molar-refractivity contribution in [3.63, 3.8) is 0 Å². The Kier molecular flexibility index (Phi) is 5.73. The lowest BCUT2D eigenvalue weighted by molar-refractivity contribution is 0.275. The van der Waals surface area contributed by atoms with Crippen LogP contribution in [-0.4, -0.2) is 14.2 Å². The predicted molar refractivity (Wildman–Crippen MR) is 96.7 cm³/mol. The van der Waals surface area contributed by atoms with Gasteiger partial charge in [0, 0.05) is 17.7 Å². The van der Waals surface area contributed by atoms with Gasteiger partial charge in [0.2, 0.25) is 0 Å². The molecule has 0 spiro atoms. The van der Waals surface area contributed by atoms with Gasteiger partial charge >= 0.3 is 0 Å². The molecule has 0 unspecified atom stereocenters. The molecule has 130 valence electrons. The van der Waals surface area contributed by atoms with E-state index in [0.717, 1.165) is 16.9 Å². The zero-order chi connectivity index (χ0) is 17.7. The fraction of sp³-hybridized carbons (Fsp3) is 0.400. The number of hydrogen-bond donors (Lipinski definition) is 1. The van der Waals surface area contributed by atoms with Crippen LogP contribution in [0.25, 0.3) is 0 Å². The normalized spacial score (nSPS) is 12.6. The molecule has 24 heavy (non-hydrogen) atoms. The van der Waals surface area contributed by atoms with E-state index in [1.54, 1.807) is 14.2 Å². The van der Waals surface area contributed by atoms with E-state index >= 15 is 0 Å². The van der Waals surface area contributed by atoms with E-state index in [4.69, 9.17) is 19.9 Å². The van der Waals surface area contributed by atoms with E-state index < -0.39 is 0 Å². The third-order valence-corrected chi connectivity index (χ3v) is 4.02. The molecule has 0 radical (unpaired) electrons. The maximum Gasteiger partial charge on any atom is 0.164 e. The minimum absolute atomic E-state index is 0.107. The second-order valence-electron chi connectivity index (χ2n) is 6.86.